The fourth-order valence-electron chi connectivity index (χ4n) is 3.00. The third-order valence-corrected chi connectivity index (χ3v) is 5.44. The van der Waals surface area contributed by atoms with Crippen molar-refractivity contribution in [1.82, 2.24) is 14.8 Å². The predicted molar refractivity (Wildman–Crippen MR) is 115 cm³/mol. The summed E-state index contributed by atoms with van der Waals surface area (Å²) in [6, 6.07) is 23.3. The van der Waals surface area contributed by atoms with E-state index in [1.54, 1.807) is 23.9 Å². The van der Waals surface area contributed by atoms with Gasteiger partial charge >= 0.3 is 0 Å². The second kappa shape index (κ2) is 8.09. The van der Waals surface area contributed by atoms with Crippen LogP contribution in [0.15, 0.2) is 77.7 Å². The molecular weight excluding hydrogens is 390 g/mol. The van der Waals surface area contributed by atoms with E-state index in [1.807, 2.05) is 60.1 Å². The zero-order chi connectivity index (χ0) is 19.5. The van der Waals surface area contributed by atoms with Crippen LogP contribution in [0.4, 0.5) is 0 Å². The molecule has 0 radical (unpaired) electrons. The maximum absolute atomic E-state index is 6.09. The highest BCUT2D eigenvalue weighted by molar-refractivity contribution is 7.98. The van der Waals surface area contributed by atoms with Crippen LogP contribution in [0, 0.1) is 0 Å². The van der Waals surface area contributed by atoms with Crippen LogP contribution in [0.3, 0.4) is 0 Å². The molecule has 0 atom stereocenters. The lowest BCUT2D eigenvalue weighted by Gasteiger charge is -2.12. The van der Waals surface area contributed by atoms with Crippen LogP contribution in [-0.2, 0) is 7.05 Å². The van der Waals surface area contributed by atoms with Gasteiger partial charge in [0, 0.05) is 22.5 Å². The first-order chi connectivity index (χ1) is 13.7. The lowest BCUT2D eigenvalue weighted by atomic mass is 10.1. The molecular formula is C22H18ClN3OS. The van der Waals surface area contributed by atoms with Crippen molar-refractivity contribution >= 4 is 23.4 Å². The molecule has 0 amide bonds. The number of aromatic nitrogens is 3. The second-order valence-electron chi connectivity index (χ2n) is 6.16. The monoisotopic (exact) mass is 407 g/mol. The Labute approximate surface area is 173 Å². The number of halogens is 1. The normalized spacial score (nSPS) is 10.8. The molecule has 1 heterocycles. The van der Waals surface area contributed by atoms with Crippen LogP contribution in [-0.4, -0.2) is 21.0 Å². The van der Waals surface area contributed by atoms with Crippen molar-refractivity contribution in [3.63, 3.8) is 0 Å². The predicted octanol–water partition coefficient (Wildman–Crippen LogP) is 6.32. The number of thioether (sulfide) groups is 1. The number of para-hydroxylation sites is 1. The quantitative estimate of drug-likeness (QED) is 0.363. The lowest BCUT2D eigenvalue weighted by molar-refractivity contribution is 0.484. The van der Waals surface area contributed by atoms with Gasteiger partial charge in [-0.05, 0) is 48.7 Å². The molecule has 0 aliphatic heterocycles. The molecule has 6 heteroatoms. The largest absolute Gasteiger partial charge is 0.457 e. The van der Waals surface area contributed by atoms with Gasteiger partial charge < -0.3 is 9.30 Å². The van der Waals surface area contributed by atoms with E-state index in [-0.39, 0.29) is 0 Å². The van der Waals surface area contributed by atoms with Gasteiger partial charge in [-0.15, -0.1) is 22.0 Å². The molecule has 0 saturated heterocycles. The van der Waals surface area contributed by atoms with E-state index in [0.717, 1.165) is 27.7 Å². The molecule has 0 aliphatic carbocycles. The molecule has 3 aromatic carbocycles. The summed E-state index contributed by atoms with van der Waals surface area (Å²) in [5, 5.41) is 9.59. The van der Waals surface area contributed by atoms with Crippen molar-refractivity contribution in [1.29, 1.82) is 0 Å². The van der Waals surface area contributed by atoms with Crippen LogP contribution in [0.25, 0.3) is 22.8 Å². The van der Waals surface area contributed by atoms with Crippen molar-refractivity contribution < 1.29 is 4.74 Å². The molecule has 0 fully saturated rings. The van der Waals surface area contributed by atoms with E-state index < -0.39 is 0 Å². The van der Waals surface area contributed by atoms with Crippen molar-refractivity contribution in [3.05, 3.63) is 77.8 Å². The molecule has 0 spiro atoms. The number of rotatable bonds is 5. The smallest absolute Gasteiger partial charge is 0.167 e. The summed E-state index contributed by atoms with van der Waals surface area (Å²) >= 11 is 7.66. The number of benzene rings is 3. The van der Waals surface area contributed by atoms with E-state index >= 15 is 0 Å². The van der Waals surface area contributed by atoms with Crippen LogP contribution in [0.5, 0.6) is 11.5 Å². The fourth-order valence-corrected chi connectivity index (χ4v) is 3.72. The van der Waals surface area contributed by atoms with Crippen molar-refractivity contribution in [2.45, 2.75) is 4.90 Å². The first-order valence-electron chi connectivity index (χ1n) is 8.73. The van der Waals surface area contributed by atoms with Gasteiger partial charge in [-0.2, -0.15) is 0 Å². The Hall–Kier alpha value is -2.76. The number of hydrogen-bond acceptors (Lipinski definition) is 4. The standard InChI is InChI=1S/C22H18ClN3OS/c1-26-21(24-25-22(26)18-8-4-6-10-20(18)28-2)17-7-3-5-9-19(17)27-16-13-11-15(23)12-14-16/h3-14H,1-2H3. The van der Waals surface area contributed by atoms with E-state index in [4.69, 9.17) is 16.3 Å². The van der Waals surface area contributed by atoms with Crippen LogP contribution >= 0.6 is 23.4 Å². The molecule has 0 aliphatic rings. The van der Waals surface area contributed by atoms with Crippen molar-refractivity contribution in [2.75, 3.05) is 6.26 Å². The summed E-state index contributed by atoms with van der Waals surface area (Å²) in [6.45, 7) is 0. The van der Waals surface area contributed by atoms with Crippen LogP contribution in [0.2, 0.25) is 5.02 Å². The summed E-state index contributed by atoms with van der Waals surface area (Å²) in [5.41, 5.74) is 1.94. The molecule has 1 aromatic heterocycles. The van der Waals surface area contributed by atoms with Gasteiger partial charge in [0.15, 0.2) is 11.6 Å². The SMILES string of the molecule is CSc1ccccc1-c1nnc(-c2ccccc2Oc2ccc(Cl)cc2)n1C. The molecule has 0 N–H and O–H groups in total. The zero-order valence-electron chi connectivity index (χ0n) is 15.5. The van der Waals surface area contributed by atoms with E-state index in [9.17, 15) is 0 Å². The Kier molecular flexibility index (Phi) is 5.37. The highest BCUT2D eigenvalue weighted by Crippen LogP contribution is 2.35. The minimum Gasteiger partial charge on any atom is -0.457 e. The summed E-state index contributed by atoms with van der Waals surface area (Å²) in [7, 11) is 1.97. The third kappa shape index (κ3) is 3.63. The lowest BCUT2D eigenvalue weighted by Crippen LogP contribution is -1.98. The van der Waals surface area contributed by atoms with Crippen molar-refractivity contribution in [3.8, 4) is 34.3 Å². The fraction of sp³-hybridized carbons (Fsp3) is 0.0909. The minimum atomic E-state index is 0.672. The Bertz CT molecular complexity index is 1110. The number of hydrogen-bond donors (Lipinski definition) is 0. The van der Waals surface area contributed by atoms with E-state index in [2.05, 4.69) is 28.6 Å². The maximum Gasteiger partial charge on any atom is 0.167 e. The summed E-state index contributed by atoms with van der Waals surface area (Å²) in [4.78, 5) is 1.16. The molecule has 0 bridgehead atoms. The zero-order valence-corrected chi connectivity index (χ0v) is 17.0. The topological polar surface area (TPSA) is 39.9 Å². The summed E-state index contributed by atoms with van der Waals surface area (Å²) < 4.78 is 8.09. The van der Waals surface area contributed by atoms with Gasteiger partial charge in [0.25, 0.3) is 0 Å². The summed E-state index contributed by atoms with van der Waals surface area (Å²) in [5.74, 6) is 2.99. The van der Waals surface area contributed by atoms with E-state index in [0.29, 0.717) is 16.5 Å². The van der Waals surface area contributed by atoms with Gasteiger partial charge in [-0.1, -0.05) is 41.9 Å². The minimum absolute atomic E-state index is 0.672. The molecule has 0 saturated carbocycles. The Balaban J connectivity index is 1.75. The maximum atomic E-state index is 6.09. The molecule has 4 aromatic rings. The second-order valence-corrected chi connectivity index (χ2v) is 7.44. The van der Waals surface area contributed by atoms with Gasteiger partial charge in [0.1, 0.15) is 11.5 Å². The molecule has 140 valence electrons. The first kappa shape index (κ1) is 18.6. The average Bonchev–Trinajstić information content (AvgIpc) is 3.11. The van der Waals surface area contributed by atoms with Crippen LogP contribution in [0.1, 0.15) is 0 Å². The van der Waals surface area contributed by atoms with Gasteiger partial charge in [-0.3, -0.25) is 0 Å². The third-order valence-electron chi connectivity index (χ3n) is 4.39. The van der Waals surface area contributed by atoms with E-state index in [1.165, 1.54) is 0 Å². The number of ether oxygens (including phenoxy) is 1. The average molecular weight is 408 g/mol. The molecule has 4 nitrogen and oxygen atoms in total. The Morgan fingerprint density at radius 3 is 2.14 bits per heavy atom. The first-order valence-corrected chi connectivity index (χ1v) is 10.3. The van der Waals surface area contributed by atoms with Gasteiger partial charge in [0.2, 0.25) is 0 Å². The van der Waals surface area contributed by atoms with Gasteiger partial charge in [0.05, 0.1) is 5.56 Å². The molecule has 4 rings (SSSR count). The highest BCUT2D eigenvalue weighted by atomic mass is 35.5. The number of nitrogens with zero attached hydrogens (tertiary/aromatic N) is 3. The Morgan fingerprint density at radius 2 is 1.43 bits per heavy atom. The van der Waals surface area contributed by atoms with Crippen LogP contribution < -0.4 is 4.74 Å². The highest BCUT2D eigenvalue weighted by Gasteiger charge is 2.18. The summed E-state index contributed by atoms with van der Waals surface area (Å²) in [6.07, 6.45) is 2.06. The molecule has 0 unspecified atom stereocenters. The molecule has 28 heavy (non-hydrogen) atoms. The Morgan fingerprint density at radius 1 is 0.821 bits per heavy atom. The van der Waals surface area contributed by atoms with Gasteiger partial charge in [-0.25, -0.2) is 0 Å². The van der Waals surface area contributed by atoms with Crippen molar-refractivity contribution in [2.24, 2.45) is 7.05 Å².